The highest BCUT2D eigenvalue weighted by atomic mass is 79.9. The van der Waals surface area contributed by atoms with E-state index >= 15 is 0 Å². The highest BCUT2D eigenvalue weighted by molar-refractivity contribution is 9.10. The molecular formula is C14H18BrNOS. The Morgan fingerprint density at radius 2 is 2.33 bits per heavy atom. The van der Waals surface area contributed by atoms with E-state index < -0.39 is 0 Å². The van der Waals surface area contributed by atoms with Gasteiger partial charge >= 0.3 is 0 Å². The zero-order valence-corrected chi connectivity index (χ0v) is 13.2. The molecule has 0 saturated carbocycles. The number of hydrogen-bond acceptors (Lipinski definition) is 2. The molecule has 1 amide bonds. The molecule has 0 spiro atoms. The Kier molecular flexibility index (Phi) is 4.73. The fraction of sp³-hybridized carbons (Fsp3) is 0.500. The molecule has 1 aromatic carbocycles. The maximum absolute atomic E-state index is 12.5. The lowest BCUT2D eigenvalue weighted by atomic mass is 10.1. The summed E-state index contributed by atoms with van der Waals surface area (Å²) < 4.78 is 0.932. The summed E-state index contributed by atoms with van der Waals surface area (Å²) in [4.78, 5) is 14.5. The average molecular weight is 328 g/mol. The second-order valence-corrected chi connectivity index (χ2v) is 6.79. The van der Waals surface area contributed by atoms with Crippen molar-refractivity contribution in [2.45, 2.75) is 25.5 Å². The summed E-state index contributed by atoms with van der Waals surface area (Å²) in [6, 6.07) is 5.87. The van der Waals surface area contributed by atoms with Gasteiger partial charge in [0.05, 0.1) is 5.56 Å². The number of thioether (sulfide) groups is 1. The van der Waals surface area contributed by atoms with Crippen LogP contribution in [0.5, 0.6) is 0 Å². The van der Waals surface area contributed by atoms with E-state index in [0.717, 1.165) is 40.9 Å². The van der Waals surface area contributed by atoms with E-state index in [9.17, 15) is 4.79 Å². The van der Waals surface area contributed by atoms with Gasteiger partial charge in [0.15, 0.2) is 0 Å². The van der Waals surface area contributed by atoms with Gasteiger partial charge in [-0.25, -0.2) is 0 Å². The highest BCUT2D eigenvalue weighted by Gasteiger charge is 2.25. The third-order valence-electron chi connectivity index (χ3n) is 3.30. The van der Waals surface area contributed by atoms with E-state index in [2.05, 4.69) is 22.9 Å². The Morgan fingerprint density at radius 3 is 3.06 bits per heavy atom. The van der Waals surface area contributed by atoms with E-state index in [1.165, 1.54) is 0 Å². The molecule has 4 heteroatoms. The van der Waals surface area contributed by atoms with Crippen molar-refractivity contribution in [1.29, 1.82) is 0 Å². The van der Waals surface area contributed by atoms with Crippen LogP contribution in [0.25, 0.3) is 0 Å². The number of nitrogens with zero attached hydrogens (tertiary/aromatic N) is 1. The number of amides is 1. The monoisotopic (exact) mass is 327 g/mol. The van der Waals surface area contributed by atoms with Crippen LogP contribution in [0.2, 0.25) is 0 Å². The van der Waals surface area contributed by atoms with Crippen LogP contribution < -0.4 is 0 Å². The molecule has 1 heterocycles. The van der Waals surface area contributed by atoms with E-state index in [0.29, 0.717) is 5.25 Å². The molecule has 1 saturated heterocycles. The molecule has 1 aromatic rings. The van der Waals surface area contributed by atoms with E-state index in [4.69, 9.17) is 0 Å². The second kappa shape index (κ2) is 6.11. The topological polar surface area (TPSA) is 20.3 Å². The Hall–Kier alpha value is -0.480. The maximum Gasteiger partial charge on any atom is 0.255 e. The largest absolute Gasteiger partial charge is 0.337 e. The van der Waals surface area contributed by atoms with Crippen molar-refractivity contribution >= 4 is 33.6 Å². The molecule has 0 bridgehead atoms. The van der Waals surface area contributed by atoms with Crippen molar-refractivity contribution in [3.63, 3.8) is 0 Å². The first-order valence-electron chi connectivity index (χ1n) is 6.29. The summed E-state index contributed by atoms with van der Waals surface area (Å²) in [5, 5.41) is 0.589. The van der Waals surface area contributed by atoms with Crippen LogP contribution in [0.1, 0.15) is 29.3 Å². The van der Waals surface area contributed by atoms with Gasteiger partial charge < -0.3 is 4.90 Å². The number of rotatable bonds is 2. The molecule has 2 nitrogen and oxygen atoms in total. The molecule has 18 heavy (non-hydrogen) atoms. The maximum atomic E-state index is 12.5. The van der Waals surface area contributed by atoms with Crippen LogP contribution in [0, 0.1) is 6.92 Å². The average Bonchev–Trinajstić information content (AvgIpc) is 2.41. The van der Waals surface area contributed by atoms with Crippen LogP contribution in [0.15, 0.2) is 22.7 Å². The summed E-state index contributed by atoms with van der Waals surface area (Å²) in [6.07, 6.45) is 1.13. The molecule has 0 radical (unpaired) electrons. The number of halogens is 1. The zero-order chi connectivity index (χ0) is 13.1. The van der Waals surface area contributed by atoms with Gasteiger partial charge in [0.25, 0.3) is 5.91 Å². The SMILES string of the molecule is CCC1CN(C(=O)c2cccc(C)c2Br)CCS1. The Balaban J connectivity index is 2.18. The lowest BCUT2D eigenvalue weighted by molar-refractivity contribution is 0.0760. The van der Waals surface area contributed by atoms with Gasteiger partial charge in [-0.2, -0.15) is 11.8 Å². The Labute approximate surface area is 121 Å². The van der Waals surface area contributed by atoms with E-state index in [1.807, 2.05) is 41.8 Å². The third-order valence-corrected chi connectivity index (χ3v) is 5.73. The van der Waals surface area contributed by atoms with Crippen molar-refractivity contribution in [3.05, 3.63) is 33.8 Å². The standard InChI is InChI=1S/C14H18BrNOS/c1-3-11-9-16(7-8-18-11)14(17)12-6-4-5-10(2)13(12)15/h4-6,11H,3,7-9H2,1-2H3. The smallest absolute Gasteiger partial charge is 0.255 e. The summed E-state index contributed by atoms with van der Waals surface area (Å²) in [5.41, 5.74) is 1.90. The van der Waals surface area contributed by atoms with Gasteiger partial charge in [-0.1, -0.05) is 19.1 Å². The second-order valence-electron chi connectivity index (χ2n) is 4.59. The molecule has 0 N–H and O–H groups in total. The summed E-state index contributed by atoms with van der Waals surface area (Å²) in [5.74, 6) is 1.21. The molecule has 1 unspecified atom stereocenters. The molecule has 1 aliphatic heterocycles. The molecule has 1 fully saturated rings. The van der Waals surface area contributed by atoms with Gasteiger partial charge in [0.1, 0.15) is 0 Å². The van der Waals surface area contributed by atoms with Crippen molar-refractivity contribution in [3.8, 4) is 0 Å². The fourth-order valence-electron chi connectivity index (χ4n) is 2.13. The highest BCUT2D eigenvalue weighted by Crippen LogP contribution is 2.26. The quantitative estimate of drug-likeness (QED) is 0.825. The van der Waals surface area contributed by atoms with Crippen LogP contribution in [0.3, 0.4) is 0 Å². The zero-order valence-electron chi connectivity index (χ0n) is 10.8. The van der Waals surface area contributed by atoms with Gasteiger partial charge in [-0.3, -0.25) is 4.79 Å². The minimum absolute atomic E-state index is 0.157. The van der Waals surface area contributed by atoms with Crippen LogP contribution in [0.4, 0.5) is 0 Å². The minimum atomic E-state index is 0.157. The van der Waals surface area contributed by atoms with Crippen molar-refractivity contribution < 1.29 is 4.79 Å². The van der Waals surface area contributed by atoms with Gasteiger partial charge in [0, 0.05) is 28.6 Å². The molecule has 0 aromatic heterocycles. The Bertz CT molecular complexity index is 449. The first-order chi connectivity index (χ1) is 8.63. The number of aryl methyl sites for hydroxylation is 1. The molecule has 2 rings (SSSR count). The molecule has 1 aliphatic rings. The molecule has 0 aliphatic carbocycles. The third kappa shape index (κ3) is 2.91. The fourth-order valence-corrected chi connectivity index (χ4v) is 3.75. The van der Waals surface area contributed by atoms with Crippen molar-refractivity contribution in [1.82, 2.24) is 4.90 Å². The predicted octanol–water partition coefficient (Wildman–Crippen LogP) is 3.73. The first-order valence-corrected chi connectivity index (χ1v) is 8.13. The van der Waals surface area contributed by atoms with Crippen LogP contribution in [-0.2, 0) is 0 Å². The number of carbonyl (C=O) groups excluding carboxylic acids is 1. The lowest BCUT2D eigenvalue weighted by Gasteiger charge is -2.32. The van der Waals surface area contributed by atoms with Gasteiger partial charge in [0.2, 0.25) is 0 Å². The van der Waals surface area contributed by atoms with Crippen LogP contribution in [-0.4, -0.2) is 34.9 Å². The van der Waals surface area contributed by atoms with Gasteiger partial charge in [-0.15, -0.1) is 0 Å². The molecule has 98 valence electrons. The van der Waals surface area contributed by atoms with Crippen molar-refractivity contribution in [2.75, 3.05) is 18.8 Å². The van der Waals surface area contributed by atoms with Crippen molar-refractivity contribution in [2.24, 2.45) is 0 Å². The van der Waals surface area contributed by atoms with Gasteiger partial charge in [-0.05, 0) is 40.9 Å². The molecule has 1 atom stereocenters. The molecular weight excluding hydrogens is 310 g/mol. The predicted molar refractivity (Wildman–Crippen MR) is 81.3 cm³/mol. The number of hydrogen-bond donors (Lipinski definition) is 0. The Morgan fingerprint density at radius 1 is 1.56 bits per heavy atom. The number of carbonyl (C=O) groups is 1. The summed E-state index contributed by atoms with van der Waals surface area (Å²) in [6.45, 7) is 5.94. The number of benzene rings is 1. The van der Waals surface area contributed by atoms with Crippen LogP contribution >= 0.6 is 27.7 Å². The lowest BCUT2D eigenvalue weighted by Crippen LogP contribution is -2.41. The summed E-state index contributed by atoms with van der Waals surface area (Å²) >= 11 is 5.51. The van der Waals surface area contributed by atoms with E-state index in [1.54, 1.807) is 0 Å². The van der Waals surface area contributed by atoms with E-state index in [-0.39, 0.29) is 5.91 Å². The summed E-state index contributed by atoms with van der Waals surface area (Å²) in [7, 11) is 0. The normalized spacial score (nSPS) is 19.9. The minimum Gasteiger partial charge on any atom is -0.337 e. The first kappa shape index (κ1) is 13.9.